The van der Waals surface area contributed by atoms with E-state index in [1.54, 1.807) is 4.90 Å². The summed E-state index contributed by atoms with van der Waals surface area (Å²) in [6.07, 6.45) is 0.779. The molecule has 0 aliphatic heterocycles. The van der Waals surface area contributed by atoms with E-state index in [1.165, 1.54) is 6.07 Å². The fourth-order valence-corrected chi connectivity index (χ4v) is 2.60. The van der Waals surface area contributed by atoms with Gasteiger partial charge in [-0.1, -0.05) is 6.92 Å². The van der Waals surface area contributed by atoms with E-state index in [0.717, 1.165) is 18.6 Å². The lowest BCUT2D eigenvalue weighted by molar-refractivity contribution is 0.0764. The fraction of sp³-hybridized carbons (Fsp3) is 0.417. The number of amides is 1. The Morgan fingerprint density at radius 1 is 1.37 bits per heavy atom. The Hall–Kier alpha value is -1.14. The van der Waals surface area contributed by atoms with Gasteiger partial charge < -0.3 is 4.90 Å². The van der Waals surface area contributed by atoms with Crippen LogP contribution < -0.4 is 0 Å². The van der Waals surface area contributed by atoms with E-state index in [2.05, 4.69) is 0 Å². The van der Waals surface area contributed by atoms with Crippen LogP contribution in [0.5, 0.6) is 0 Å². The molecular weight excluding hydrogens is 293 g/mol. The second kappa shape index (κ2) is 6.34. The van der Waals surface area contributed by atoms with Gasteiger partial charge in [-0.3, -0.25) is 4.79 Å². The molecule has 0 N–H and O–H groups in total. The number of halogens is 2. The lowest BCUT2D eigenvalue weighted by atomic mass is 10.2. The second-order valence-electron chi connectivity index (χ2n) is 3.97. The zero-order valence-electron chi connectivity index (χ0n) is 10.7. The number of carbonyl (C=O) groups is 1. The van der Waals surface area contributed by atoms with E-state index in [-0.39, 0.29) is 11.5 Å². The van der Waals surface area contributed by atoms with Crippen molar-refractivity contribution in [3.63, 3.8) is 0 Å². The average molecular weight is 308 g/mol. The van der Waals surface area contributed by atoms with Crippen LogP contribution in [0.25, 0.3) is 0 Å². The summed E-state index contributed by atoms with van der Waals surface area (Å²) >= 11 is 0. The van der Waals surface area contributed by atoms with Gasteiger partial charge in [-0.05, 0) is 31.5 Å². The largest absolute Gasteiger partial charge is 0.339 e. The zero-order valence-corrected chi connectivity index (χ0v) is 12.3. The summed E-state index contributed by atoms with van der Waals surface area (Å²) in [5.74, 6) is -1.31. The van der Waals surface area contributed by atoms with Gasteiger partial charge in [-0.15, -0.1) is 0 Å². The third kappa shape index (κ3) is 3.91. The van der Waals surface area contributed by atoms with Crippen molar-refractivity contribution < 1.29 is 17.6 Å². The highest BCUT2D eigenvalue weighted by Crippen LogP contribution is 2.21. The van der Waals surface area contributed by atoms with Gasteiger partial charge in [0.15, 0.2) is 0 Å². The minimum atomic E-state index is -4.21. The summed E-state index contributed by atoms with van der Waals surface area (Å²) in [5, 5.41) is 0. The van der Waals surface area contributed by atoms with Crippen LogP contribution >= 0.6 is 10.7 Å². The van der Waals surface area contributed by atoms with E-state index < -0.39 is 19.8 Å². The molecule has 106 valence electrons. The van der Waals surface area contributed by atoms with Crippen LogP contribution in [0.2, 0.25) is 0 Å². The van der Waals surface area contributed by atoms with Gasteiger partial charge in [0.2, 0.25) is 0 Å². The van der Waals surface area contributed by atoms with Gasteiger partial charge in [0.1, 0.15) is 10.7 Å². The van der Waals surface area contributed by atoms with E-state index in [1.807, 2.05) is 13.8 Å². The highest BCUT2D eigenvalue weighted by molar-refractivity contribution is 8.13. The molecule has 0 spiro atoms. The molecule has 1 aromatic rings. The van der Waals surface area contributed by atoms with Gasteiger partial charge in [-0.2, -0.15) is 0 Å². The molecule has 0 aromatic heterocycles. The van der Waals surface area contributed by atoms with E-state index in [9.17, 15) is 17.6 Å². The van der Waals surface area contributed by atoms with Gasteiger partial charge in [0.05, 0.1) is 0 Å². The fourth-order valence-electron chi connectivity index (χ4n) is 1.68. The summed E-state index contributed by atoms with van der Waals surface area (Å²) in [7, 11) is 0.915. The van der Waals surface area contributed by atoms with Crippen LogP contribution in [0, 0.1) is 5.82 Å². The zero-order chi connectivity index (χ0) is 14.6. The molecule has 19 heavy (non-hydrogen) atoms. The van der Waals surface area contributed by atoms with Crippen LogP contribution in [0.1, 0.15) is 30.6 Å². The molecule has 0 unspecified atom stereocenters. The first kappa shape index (κ1) is 15.9. The van der Waals surface area contributed by atoms with Gasteiger partial charge >= 0.3 is 0 Å². The number of carbonyl (C=O) groups excluding carboxylic acids is 1. The Bertz CT molecular complexity index is 574. The van der Waals surface area contributed by atoms with Crippen molar-refractivity contribution in [2.24, 2.45) is 0 Å². The van der Waals surface area contributed by atoms with E-state index >= 15 is 0 Å². The van der Waals surface area contributed by atoms with Crippen LogP contribution in [-0.4, -0.2) is 32.3 Å². The van der Waals surface area contributed by atoms with Gasteiger partial charge in [-0.25, -0.2) is 12.8 Å². The summed E-state index contributed by atoms with van der Waals surface area (Å²) in [6, 6.07) is 3.15. The Balaban J connectivity index is 3.19. The highest BCUT2D eigenvalue weighted by Gasteiger charge is 2.20. The minimum absolute atomic E-state index is 0.107. The first-order valence-electron chi connectivity index (χ1n) is 5.84. The predicted molar refractivity (Wildman–Crippen MR) is 71.3 cm³/mol. The highest BCUT2D eigenvalue weighted by atomic mass is 35.7. The van der Waals surface area contributed by atoms with Crippen molar-refractivity contribution in [2.45, 2.75) is 25.2 Å². The predicted octanol–water partition coefficient (Wildman–Crippen LogP) is 2.63. The Labute approximate surface area is 116 Å². The van der Waals surface area contributed by atoms with E-state index in [0.29, 0.717) is 13.1 Å². The second-order valence-corrected chi connectivity index (χ2v) is 6.50. The Kier molecular flexibility index (Phi) is 5.31. The molecule has 0 aliphatic carbocycles. The summed E-state index contributed by atoms with van der Waals surface area (Å²) in [6.45, 7) is 4.79. The first-order chi connectivity index (χ1) is 8.81. The quantitative estimate of drug-likeness (QED) is 0.786. The maximum atomic E-state index is 13.4. The molecule has 4 nitrogen and oxygen atoms in total. The molecule has 0 aliphatic rings. The van der Waals surface area contributed by atoms with Crippen LogP contribution in [0.15, 0.2) is 23.1 Å². The molecule has 0 atom stereocenters. The molecule has 7 heteroatoms. The van der Waals surface area contributed by atoms with Gasteiger partial charge in [0.25, 0.3) is 15.0 Å². The van der Waals surface area contributed by atoms with Crippen molar-refractivity contribution in [3.8, 4) is 0 Å². The number of rotatable bonds is 5. The van der Waals surface area contributed by atoms with Crippen LogP contribution in [-0.2, 0) is 9.05 Å². The monoisotopic (exact) mass is 307 g/mol. The molecular formula is C12H15ClFNO3S. The minimum Gasteiger partial charge on any atom is -0.339 e. The maximum Gasteiger partial charge on any atom is 0.264 e. The molecule has 0 bridgehead atoms. The number of nitrogens with zero attached hydrogens (tertiary/aromatic N) is 1. The molecule has 0 radical (unpaired) electrons. The average Bonchev–Trinajstić information content (AvgIpc) is 2.34. The molecule has 1 amide bonds. The topological polar surface area (TPSA) is 54.5 Å². The molecule has 1 aromatic carbocycles. The van der Waals surface area contributed by atoms with Crippen molar-refractivity contribution >= 4 is 25.6 Å². The van der Waals surface area contributed by atoms with Crippen molar-refractivity contribution in [1.29, 1.82) is 0 Å². The SMILES string of the molecule is CCCN(CC)C(=O)c1ccc(F)c(S(=O)(=O)Cl)c1. The normalized spacial score (nSPS) is 11.4. The Morgan fingerprint density at radius 3 is 2.47 bits per heavy atom. The van der Waals surface area contributed by atoms with Gasteiger partial charge in [0, 0.05) is 29.3 Å². The van der Waals surface area contributed by atoms with Crippen molar-refractivity contribution in [1.82, 2.24) is 4.90 Å². The molecule has 0 saturated carbocycles. The van der Waals surface area contributed by atoms with Crippen molar-refractivity contribution in [2.75, 3.05) is 13.1 Å². The first-order valence-corrected chi connectivity index (χ1v) is 8.15. The molecule has 0 fully saturated rings. The standard InChI is InChI=1S/C12H15ClFNO3S/c1-3-7-15(4-2)12(16)9-5-6-10(14)11(8-9)19(13,17)18/h5-6,8H,3-4,7H2,1-2H3. The third-order valence-corrected chi connectivity index (χ3v) is 3.94. The summed E-state index contributed by atoms with van der Waals surface area (Å²) in [5.41, 5.74) is 0.107. The molecule has 1 rings (SSSR count). The molecule has 0 saturated heterocycles. The summed E-state index contributed by atoms with van der Waals surface area (Å²) in [4.78, 5) is 13.0. The van der Waals surface area contributed by atoms with Crippen LogP contribution in [0.3, 0.4) is 0 Å². The number of hydrogen-bond acceptors (Lipinski definition) is 3. The number of hydrogen-bond donors (Lipinski definition) is 0. The Morgan fingerprint density at radius 2 is 2.00 bits per heavy atom. The third-order valence-electron chi connectivity index (χ3n) is 2.60. The lowest BCUT2D eigenvalue weighted by Gasteiger charge is -2.20. The smallest absolute Gasteiger partial charge is 0.264 e. The summed E-state index contributed by atoms with van der Waals surface area (Å²) < 4.78 is 35.8. The molecule has 0 heterocycles. The maximum absolute atomic E-state index is 13.4. The lowest BCUT2D eigenvalue weighted by Crippen LogP contribution is -2.31. The number of benzene rings is 1. The van der Waals surface area contributed by atoms with Crippen LogP contribution in [0.4, 0.5) is 4.39 Å². The van der Waals surface area contributed by atoms with E-state index in [4.69, 9.17) is 10.7 Å². The van der Waals surface area contributed by atoms with Crippen molar-refractivity contribution in [3.05, 3.63) is 29.6 Å².